The molecule has 2 heterocycles. The van der Waals surface area contributed by atoms with E-state index in [0.717, 1.165) is 17.7 Å². The van der Waals surface area contributed by atoms with E-state index in [1.165, 1.54) is 4.88 Å². The van der Waals surface area contributed by atoms with E-state index in [9.17, 15) is 9.59 Å². The Hall–Kier alpha value is -1.01. The Morgan fingerprint density at radius 2 is 2.21 bits per heavy atom. The standard InChI is InChI=1S/C13H17NO3S2/c1-7(2)10(13(16)17)14-12(15)11-8-3-5-18-9(8)4-6-19-11/h3,5,7,10-11H,4,6H2,1-2H3,(H,14,15)(H,16,17). The molecule has 4 nitrogen and oxygen atoms in total. The van der Waals surface area contributed by atoms with Gasteiger partial charge in [-0.15, -0.1) is 23.1 Å². The number of carbonyl (C=O) groups excluding carboxylic acids is 1. The van der Waals surface area contributed by atoms with Gasteiger partial charge in [-0.25, -0.2) is 4.79 Å². The second kappa shape index (κ2) is 5.96. The summed E-state index contributed by atoms with van der Waals surface area (Å²) in [6.45, 7) is 3.59. The maximum Gasteiger partial charge on any atom is 0.326 e. The first kappa shape index (κ1) is 14.4. The number of thioether (sulfide) groups is 1. The summed E-state index contributed by atoms with van der Waals surface area (Å²) >= 11 is 3.25. The Kier molecular flexibility index (Phi) is 4.52. The van der Waals surface area contributed by atoms with Crippen molar-refractivity contribution in [2.24, 2.45) is 5.92 Å². The summed E-state index contributed by atoms with van der Waals surface area (Å²) < 4.78 is 0. The molecule has 6 heteroatoms. The van der Waals surface area contributed by atoms with E-state index >= 15 is 0 Å². The van der Waals surface area contributed by atoms with Gasteiger partial charge in [-0.3, -0.25) is 4.79 Å². The Morgan fingerprint density at radius 1 is 1.47 bits per heavy atom. The molecule has 1 aromatic rings. The van der Waals surface area contributed by atoms with Crippen LogP contribution >= 0.6 is 23.1 Å². The first-order chi connectivity index (χ1) is 9.00. The number of carboxylic acids is 1. The monoisotopic (exact) mass is 299 g/mol. The molecule has 0 aliphatic carbocycles. The van der Waals surface area contributed by atoms with Crippen LogP contribution in [-0.2, 0) is 16.0 Å². The molecule has 1 aliphatic heterocycles. The predicted octanol–water partition coefficient (Wildman–Crippen LogP) is 2.30. The minimum Gasteiger partial charge on any atom is -0.480 e. The zero-order valence-corrected chi connectivity index (χ0v) is 12.5. The minimum atomic E-state index is -0.977. The predicted molar refractivity (Wildman–Crippen MR) is 77.6 cm³/mol. The van der Waals surface area contributed by atoms with Crippen molar-refractivity contribution in [3.05, 3.63) is 21.9 Å². The molecule has 0 fully saturated rings. The minimum absolute atomic E-state index is 0.128. The number of aliphatic carboxylic acids is 1. The first-order valence-corrected chi connectivity index (χ1v) is 8.14. The number of hydrogen-bond donors (Lipinski definition) is 2. The summed E-state index contributed by atoms with van der Waals surface area (Å²) in [4.78, 5) is 24.7. The lowest BCUT2D eigenvalue weighted by Crippen LogP contribution is -2.46. The molecule has 19 heavy (non-hydrogen) atoms. The van der Waals surface area contributed by atoms with Gasteiger partial charge in [0.2, 0.25) is 5.91 Å². The molecule has 2 N–H and O–H groups in total. The highest BCUT2D eigenvalue weighted by atomic mass is 32.2. The van der Waals surface area contributed by atoms with Gasteiger partial charge >= 0.3 is 5.97 Å². The van der Waals surface area contributed by atoms with E-state index in [1.54, 1.807) is 36.9 Å². The van der Waals surface area contributed by atoms with Crippen molar-refractivity contribution in [3.8, 4) is 0 Å². The normalized spacial score (nSPS) is 19.8. The highest BCUT2D eigenvalue weighted by Gasteiger charge is 2.31. The molecule has 0 saturated heterocycles. The molecular weight excluding hydrogens is 282 g/mol. The fourth-order valence-electron chi connectivity index (χ4n) is 2.11. The lowest BCUT2D eigenvalue weighted by atomic mass is 10.0. The smallest absolute Gasteiger partial charge is 0.326 e. The highest BCUT2D eigenvalue weighted by Crippen LogP contribution is 2.39. The zero-order chi connectivity index (χ0) is 14.0. The molecule has 2 rings (SSSR count). The molecule has 0 radical (unpaired) electrons. The van der Waals surface area contributed by atoms with Gasteiger partial charge in [0, 0.05) is 4.88 Å². The zero-order valence-electron chi connectivity index (χ0n) is 10.9. The van der Waals surface area contributed by atoms with Crippen LogP contribution in [0.1, 0.15) is 29.5 Å². The average Bonchev–Trinajstić information content (AvgIpc) is 2.82. The van der Waals surface area contributed by atoms with Gasteiger partial charge in [-0.1, -0.05) is 13.8 Å². The summed E-state index contributed by atoms with van der Waals surface area (Å²) in [5, 5.41) is 13.5. The molecule has 0 saturated carbocycles. The van der Waals surface area contributed by atoms with Gasteiger partial charge in [0.1, 0.15) is 11.3 Å². The highest BCUT2D eigenvalue weighted by molar-refractivity contribution is 8.00. The van der Waals surface area contributed by atoms with E-state index in [2.05, 4.69) is 5.32 Å². The molecule has 0 spiro atoms. The summed E-state index contributed by atoms with van der Waals surface area (Å²) in [6, 6.07) is 1.15. The Morgan fingerprint density at radius 3 is 2.84 bits per heavy atom. The van der Waals surface area contributed by atoms with Gasteiger partial charge in [0.05, 0.1) is 0 Å². The van der Waals surface area contributed by atoms with Crippen LogP contribution in [0.2, 0.25) is 0 Å². The molecule has 1 aromatic heterocycles. The van der Waals surface area contributed by atoms with Crippen LogP contribution in [0.15, 0.2) is 11.4 Å². The average molecular weight is 299 g/mol. The van der Waals surface area contributed by atoms with E-state index in [-0.39, 0.29) is 17.1 Å². The molecular formula is C13H17NO3S2. The van der Waals surface area contributed by atoms with Gasteiger partial charge in [0.15, 0.2) is 0 Å². The van der Waals surface area contributed by atoms with Crippen LogP contribution in [0.5, 0.6) is 0 Å². The molecule has 0 aromatic carbocycles. The number of nitrogens with one attached hydrogen (secondary N) is 1. The third-order valence-electron chi connectivity index (χ3n) is 3.14. The largest absolute Gasteiger partial charge is 0.480 e. The number of carboxylic acid groups (broad SMARTS) is 1. The van der Waals surface area contributed by atoms with Gasteiger partial charge < -0.3 is 10.4 Å². The summed E-state index contributed by atoms with van der Waals surface area (Å²) in [5.74, 6) is -0.387. The maximum atomic E-state index is 12.3. The van der Waals surface area contributed by atoms with Crippen molar-refractivity contribution in [1.82, 2.24) is 5.32 Å². The van der Waals surface area contributed by atoms with Gasteiger partial charge in [-0.05, 0) is 35.1 Å². The molecule has 104 valence electrons. The first-order valence-electron chi connectivity index (χ1n) is 6.21. The van der Waals surface area contributed by atoms with Gasteiger partial charge in [0.25, 0.3) is 0 Å². The maximum absolute atomic E-state index is 12.3. The molecule has 2 atom stereocenters. The third-order valence-corrected chi connectivity index (χ3v) is 5.38. The summed E-state index contributed by atoms with van der Waals surface area (Å²) in [5.41, 5.74) is 1.05. The Balaban J connectivity index is 2.11. The van der Waals surface area contributed by atoms with Gasteiger partial charge in [-0.2, -0.15) is 0 Å². The lowest BCUT2D eigenvalue weighted by Gasteiger charge is -2.25. The number of hydrogen-bond acceptors (Lipinski definition) is 4. The van der Waals surface area contributed by atoms with Crippen LogP contribution in [0, 0.1) is 5.92 Å². The van der Waals surface area contributed by atoms with E-state index < -0.39 is 12.0 Å². The van der Waals surface area contributed by atoms with Crippen molar-refractivity contribution in [3.63, 3.8) is 0 Å². The fraction of sp³-hybridized carbons (Fsp3) is 0.538. The number of rotatable bonds is 4. The van der Waals surface area contributed by atoms with E-state index in [0.29, 0.717) is 0 Å². The number of fused-ring (bicyclic) bond motifs is 1. The Bertz CT molecular complexity index is 484. The number of thiophene rings is 1. The van der Waals surface area contributed by atoms with Crippen molar-refractivity contribution in [2.45, 2.75) is 31.6 Å². The van der Waals surface area contributed by atoms with Crippen molar-refractivity contribution >= 4 is 35.0 Å². The topological polar surface area (TPSA) is 66.4 Å². The fourth-order valence-corrected chi connectivity index (χ4v) is 4.41. The van der Waals surface area contributed by atoms with Crippen LogP contribution in [-0.4, -0.2) is 28.8 Å². The van der Waals surface area contributed by atoms with Crippen LogP contribution in [0.4, 0.5) is 0 Å². The second-order valence-electron chi connectivity index (χ2n) is 4.87. The van der Waals surface area contributed by atoms with Crippen molar-refractivity contribution in [1.29, 1.82) is 0 Å². The Labute approximate surface area is 120 Å². The molecule has 2 unspecified atom stereocenters. The molecule has 1 amide bonds. The SMILES string of the molecule is CC(C)C(NC(=O)C1SCCc2sccc21)C(=O)O. The van der Waals surface area contributed by atoms with Crippen LogP contribution < -0.4 is 5.32 Å². The second-order valence-corrected chi connectivity index (χ2v) is 7.08. The summed E-state index contributed by atoms with van der Waals surface area (Å²) in [6.07, 6.45) is 0.994. The quantitative estimate of drug-likeness (QED) is 0.895. The lowest BCUT2D eigenvalue weighted by molar-refractivity contribution is -0.143. The number of amides is 1. The summed E-state index contributed by atoms with van der Waals surface area (Å²) in [7, 11) is 0. The molecule has 1 aliphatic rings. The number of carbonyl (C=O) groups is 2. The van der Waals surface area contributed by atoms with E-state index in [4.69, 9.17) is 5.11 Å². The van der Waals surface area contributed by atoms with E-state index in [1.807, 2.05) is 11.4 Å². The van der Waals surface area contributed by atoms with Crippen molar-refractivity contribution < 1.29 is 14.7 Å². The van der Waals surface area contributed by atoms with Crippen molar-refractivity contribution in [2.75, 3.05) is 5.75 Å². The number of aryl methyl sites for hydroxylation is 1. The van der Waals surface area contributed by atoms with Crippen LogP contribution in [0.25, 0.3) is 0 Å². The van der Waals surface area contributed by atoms with Crippen LogP contribution in [0.3, 0.4) is 0 Å². The third kappa shape index (κ3) is 3.12. The molecule has 0 bridgehead atoms.